The summed E-state index contributed by atoms with van der Waals surface area (Å²) >= 11 is 3.92. The van der Waals surface area contributed by atoms with Gasteiger partial charge in [0.05, 0.1) is 5.75 Å². The van der Waals surface area contributed by atoms with Crippen molar-refractivity contribution in [2.24, 2.45) is 0 Å². The van der Waals surface area contributed by atoms with Gasteiger partial charge in [-0.05, 0) is 12.0 Å². The van der Waals surface area contributed by atoms with Gasteiger partial charge < -0.3 is 0 Å². The van der Waals surface area contributed by atoms with E-state index >= 15 is 0 Å². The second-order valence-electron chi connectivity index (χ2n) is 1.53. The fraction of sp³-hybridized carbons (Fsp3) is 0.143. The van der Waals surface area contributed by atoms with Gasteiger partial charge in [-0.2, -0.15) is 12.6 Å². The van der Waals surface area contributed by atoms with Gasteiger partial charge in [-0.15, -0.1) is 0 Å². The molecule has 0 saturated carbocycles. The van der Waals surface area contributed by atoms with E-state index in [1.165, 1.54) is 0 Å². The molecule has 50 valence electrons. The Kier molecular flexibility index (Phi) is 2.78. The van der Waals surface area contributed by atoms with E-state index in [2.05, 4.69) is 34.4 Å². The van der Waals surface area contributed by atoms with Gasteiger partial charge in [0, 0.05) is 12.4 Å². The van der Waals surface area contributed by atoms with Crippen LogP contribution in [0.15, 0.2) is 18.5 Å². The third kappa shape index (κ3) is 2.08. The highest BCUT2D eigenvalue weighted by atomic mass is 32.1. The standard InChI is InChI=1S/C7H6N2S/c10-6-1-3-7-8-4-2-5-9-7/h2,4-5,10H,6H2. The summed E-state index contributed by atoms with van der Waals surface area (Å²) in [5.41, 5.74) is 0. The lowest BCUT2D eigenvalue weighted by atomic mass is 10.5. The van der Waals surface area contributed by atoms with Gasteiger partial charge in [-0.3, -0.25) is 0 Å². The third-order valence-electron chi connectivity index (χ3n) is 0.845. The zero-order valence-corrected chi connectivity index (χ0v) is 6.18. The lowest BCUT2D eigenvalue weighted by Crippen LogP contribution is -1.84. The van der Waals surface area contributed by atoms with Gasteiger partial charge in [0.2, 0.25) is 5.82 Å². The van der Waals surface area contributed by atoms with E-state index in [0.717, 1.165) is 0 Å². The summed E-state index contributed by atoms with van der Waals surface area (Å²) in [4.78, 5) is 7.80. The molecule has 0 spiro atoms. The summed E-state index contributed by atoms with van der Waals surface area (Å²) in [6, 6.07) is 1.76. The SMILES string of the molecule is SCC#Cc1ncccn1. The normalized spacial score (nSPS) is 8.10. The molecule has 1 heterocycles. The number of hydrogen-bond acceptors (Lipinski definition) is 3. The molecular formula is C7H6N2S. The van der Waals surface area contributed by atoms with Gasteiger partial charge in [-0.25, -0.2) is 9.97 Å². The minimum atomic E-state index is 0.540. The van der Waals surface area contributed by atoms with Crippen LogP contribution < -0.4 is 0 Å². The number of rotatable bonds is 0. The van der Waals surface area contributed by atoms with Crippen molar-refractivity contribution in [3.05, 3.63) is 24.3 Å². The highest BCUT2D eigenvalue weighted by Gasteiger charge is 1.81. The quantitative estimate of drug-likeness (QED) is 0.436. The van der Waals surface area contributed by atoms with Crippen LogP contribution in [0.4, 0.5) is 0 Å². The van der Waals surface area contributed by atoms with Crippen molar-refractivity contribution in [1.82, 2.24) is 9.97 Å². The van der Waals surface area contributed by atoms with Crippen LogP contribution in [0.2, 0.25) is 0 Å². The van der Waals surface area contributed by atoms with E-state index in [0.29, 0.717) is 11.6 Å². The summed E-state index contributed by atoms with van der Waals surface area (Å²) in [6.07, 6.45) is 3.32. The fourth-order valence-corrected chi connectivity index (χ4v) is 0.561. The Morgan fingerprint density at radius 2 is 2.10 bits per heavy atom. The van der Waals surface area contributed by atoms with Crippen molar-refractivity contribution < 1.29 is 0 Å². The molecule has 0 fully saturated rings. The number of thiol groups is 1. The number of aromatic nitrogens is 2. The Labute approximate surface area is 65.1 Å². The predicted molar refractivity (Wildman–Crippen MR) is 42.8 cm³/mol. The van der Waals surface area contributed by atoms with Crippen molar-refractivity contribution >= 4 is 12.6 Å². The topological polar surface area (TPSA) is 25.8 Å². The number of hydrogen-bond donors (Lipinski definition) is 1. The van der Waals surface area contributed by atoms with Gasteiger partial charge in [0.25, 0.3) is 0 Å². The molecular weight excluding hydrogens is 144 g/mol. The van der Waals surface area contributed by atoms with Gasteiger partial charge >= 0.3 is 0 Å². The zero-order valence-electron chi connectivity index (χ0n) is 5.28. The van der Waals surface area contributed by atoms with Gasteiger partial charge in [-0.1, -0.05) is 5.92 Å². The first-order chi connectivity index (χ1) is 4.93. The van der Waals surface area contributed by atoms with E-state index in [-0.39, 0.29) is 0 Å². The molecule has 0 atom stereocenters. The monoisotopic (exact) mass is 150 g/mol. The molecule has 0 amide bonds. The molecule has 0 aliphatic rings. The fourth-order valence-electron chi connectivity index (χ4n) is 0.482. The molecule has 1 aromatic rings. The van der Waals surface area contributed by atoms with Crippen LogP contribution in [0.1, 0.15) is 5.82 Å². The van der Waals surface area contributed by atoms with Crippen molar-refractivity contribution in [2.45, 2.75) is 0 Å². The summed E-state index contributed by atoms with van der Waals surface area (Å²) in [7, 11) is 0. The van der Waals surface area contributed by atoms with Crippen LogP contribution in [0.5, 0.6) is 0 Å². The van der Waals surface area contributed by atoms with Crippen LogP contribution in [0.3, 0.4) is 0 Å². The zero-order chi connectivity index (χ0) is 7.23. The molecule has 0 bridgehead atoms. The molecule has 10 heavy (non-hydrogen) atoms. The van der Waals surface area contributed by atoms with E-state index < -0.39 is 0 Å². The Bertz CT molecular complexity index is 247. The summed E-state index contributed by atoms with van der Waals surface area (Å²) in [5.74, 6) is 6.59. The lowest BCUT2D eigenvalue weighted by molar-refractivity contribution is 1.13. The average molecular weight is 150 g/mol. The van der Waals surface area contributed by atoms with E-state index in [1.807, 2.05) is 0 Å². The first kappa shape index (κ1) is 7.10. The molecule has 0 unspecified atom stereocenters. The average Bonchev–Trinajstić information content (AvgIpc) is 2.03. The summed E-state index contributed by atoms with van der Waals surface area (Å²) in [6.45, 7) is 0. The molecule has 0 saturated heterocycles. The molecule has 0 aliphatic heterocycles. The van der Waals surface area contributed by atoms with Crippen LogP contribution in [-0.4, -0.2) is 15.7 Å². The summed E-state index contributed by atoms with van der Waals surface area (Å²) < 4.78 is 0. The van der Waals surface area contributed by atoms with E-state index in [4.69, 9.17) is 0 Å². The smallest absolute Gasteiger partial charge is 0.204 e. The molecule has 0 aliphatic carbocycles. The van der Waals surface area contributed by atoms with Crippen molar-refractivity contribution in [1.29, 1.82) is 0 Å². The second kappa shape index (κ2) is 3.91. The third-order valence-corrected chi connectivity index (χ3v) is 1.00. The minimum absolute atomic E-state index is 0.540. The Morgan fingerprint density at radius 3 is 2.70 bits per heavy atom. The molecule has 1 rings (SSSR count). The van der Waals surface area contributed by atoms with Gasteiger partial charge in [0.15, 0.2) is 0 Å². The minimum Gasteiger partial charge on any atom is -0.229 e. The molecule has 3 heteroatoms. The molecule has 2 nitrogen and oxygen atoms in total. The highest BCUT2D eigenvalue weighted by Crippen LogP contribution is 1.82. The van der Waals surface area contributed by atoms with Crippen LogP contribution in [-0.2, 0) is 0 Å². The van der Waals surface area contributed by atoms with Crippen LogP contribution >= 0.6 is 12.6 Å². The summed E-state index contributed by atoms with van der Waals surface area (Å²) in [5, 5.41) is 0. The second-order valence-corrected chi connectivity index (χ2v) is 1.85. The maximum atomic E-state index is 3.92. The van der Waals surface area contributed by atoms with Crippen molar-refractivity contribution in [3.63, 3.8) is 0 Å². The highest BCUT2D eigenvalue weighted by molar-refractivity contribution is 7.80. The first-order valence-corrected chi connectivity index (χ1v) is 3.43. The maximum Gasteiger partial charge on any atom is 0.204 e. The Morgan fingerprint density at radius 1 is 1.40 bits per heavy atom. The first-order valence-electron chi connectivity index (χ1n) is 2.80. The van der Waals surface area contributed by atoms with E-state index in [1.54, 1.807) is 18.5 Å². The molecule has 1 aromatic heterocycles. The lowest BCUT2D eigenvalue weighted by Gasteiger charge is -1.82. The number of nitrogens with zero attached hydrogens (tertiary/aromatic N) is 2. The largest absolute Gasteiger partial charge is 0.229 e. The molecule has 0 N–H and O–H groups in total. The molecule has 0 radical (unpaired) electrons. The van der Waals surface area contributed by atoms with Crippen LogP contribution in [0.25, 0.3) is 0 Å². The Hall–Kier alpha value is -1.01. The van der Waals surface area contributed by atoms with Crippen molar-refractivity contribution in [3.8, 4) is 11.8 Å². The van der Waals surface area contributed by atoms with Crippen molar-refractivity contribution in [2.75, 3.05) is 5.75 Å². The maximum absolute atomic E-state index is 3.92. The van der Waals surface area contributed by atoms with E-state index in [9.17, 15) is 0 Å². The Balaban J connectivity index is 2.76. The molecule has 0 aromatic carbocycles. The van der Waals surface area contributed by atoms with Crippen LogP contribution in [0, 0.1) is 11.8 Å². The van der Waals surface area contributed by atoms with Gasteiger partial charge in [0.1, 0.15) is 0 Å². The predicted octanol–water partition coefficient (Wildman–Crippen LogP) is 0.758.